The highest BCUT2D eigenvalue weighted by Crippen LogP contribution is 2.38. The number of anilines is 1. The fraction of sp³-hybridized carbons (Fsp3) is 0.500. The van der Waals surface area contributed by atoms with Crippen molar-refractivity contribution < 1.29 is 23.8 Å². The molecule has 0 saturated carbocycles. The molecular formula is C16H21BrN2O5. The maximum absolute atomic E-state index is 12.3. The van der Waals surface area contributed by atoms with E-state index in [4.69, 9.17) is 14.2 Å². The standard InChI is InChI=1S/C16H21BrN2O5/c1-9(18-15(21)24-16(2,3)4)14(20)19-11-8-13-12(7-10(11)17)22-5-6-23-13/h7-9H,5-6H2,1-4H3,(H,18,21)(H,19,20)/t9-/m0/s1. The molecule has 1 aliphatic heterocycles. The fourth-order valence-electron chi connectivity index (χ4n) is 1.95. The SMILES string of the molecule is C[C@H](NC(=O)OC(C)(C)C)C(=O)Nc1cc2c(cc1Br)OCCO2. The van der Waals surface area contributed by atoms with Gasteiger partial charge in [0.2, 0.25) is 5.91 Å². The molecule has 2 N–H and O–H groups in total. The Balaban J connectivity index is 2.00. The van der Waals surface area contributed by atoms with Crippen molar-refractivity contribution in [1.29, 1.82) is 0 Å². The van der Waals surface area contributed by atoms with Gasteiger partial charge in [-0.1, -0.05) is 0 Å². The Morgan fingerprint density at radius 1 is 1.21 bits per heavy atom. The van der Waals surface area contributed by atoms with Crippen LogP contribution in [0.15, 0.2) is 16.6 Å². The van der Waals surface area contributed by atoms with Crippen molar-refractivity contribution in [3.8, 4) is 11.5 Å². The highest BCUT2D eigenvalue weighted by Gasteiger charge is 2.22. The van der Waals surface area contributed by atoms with E-state index >= 15 is 0 Å². The van der Waals surface area contributed by atoms with E-state index in [1.165, 1.54) is 0 Å². The number of carbonyl (C=O) groups excluding carboxylic acids is 2. The summed E-state index contributed by atoms with van der Waals surface area (Å²) in [6.07, 6.45) is -0.647. The molecule has 2 amide bonds. The van der Waals surface area contributed by atoms with Gasteiger partial charge in [0.05, 0.1) is 5.69 Å². The van der Waals surface area contributed by atoms with E-state index in [1.54, 1.807) is 39.8 Å². The zero-order chi connectivity index (χ0) is 17.9. The van der Waals surface area contributed by atoms with Gasteiger partial charge in [0.15, 0.2) is 11.5 Å². The topological polar surface area (TPSA) is 85.9 Å². The number of hydrogen-bond acceptors (Lipinski definition) is 5. The minimum absolute atomic E-state index is 0.377. The molecular weight excluding hydrogens is 380 g/mol. The number of nitrogens with one attached hydrogen (secondary N) is 2. The molecule has 0 fully saturated rings. The molecule has 1 aromatic carbocycles. The number of alkyl carbamates (subject to hydrolysis) is 1. The van der Waals surface area contributed by atoms with E-state index in [9.17, 15) is 9.59 Å². The lowest BCUT2D eigenvalue weighted by Crippen LogP contribution is -2.44. The van der Waals surface area contributed by atoms with Crippen LogP contribution < -0.4 is 20.1 Å². The second kappa shape index (κ2) is 7.29. The first-order valence-electron chi connectivity index (χ1n) is 7.55. The van der Waals surface area contributed by atoms with E-state index < -0.39 is 17.7 Å². The molecule has 24 heavy (non-hydrogen) atoms. The summed E-state index contributed by atoms with van der Waals surface area (Å²) in [5.74, 6) is 0.803. The van der Waals surface area contributed by atoms with Crippen molar-refractivity contribution in [1.82, 2.24) is 5.32 Å². The summed E-state index contributed by atoms with van der Waals surface area (Å²) in [4.78, 5) is 24.0. The molecule has 1 atom stereocenters. The van der Waals surface area contributed by atoms with Gasteiger partial charge in [-0.15, -0.1) is 0 Å². The summed E-state index contributed by atoms with van der Waals surface area (Å²) in [5, 5.41) is 5.23. The summed E-state index contributed by atoms with van der Waals surface area (Å²) in [6.45, 7) is 7.78. The van der Waals surface area contributed by atoms with Crippen LogP contribution in [-0.2, 0) is 9.53 Å². The van der Waals surface area contributed by atoms with Gasteiger partial charge in [-0.25, -0.2) is 4.79 Å². The van der Waals surface area contributed by atoms with Crippen LogP contribution in [0.3, 0.4) is 0 Å². The van der Waals surface area contributed by atoms with E-state index in [-0.39, 0.29) is 5.91 Å². The average molecular weight is 401 g/mol. The minimum Gasteiger partial charge on any atom is -0.486 e. The molecule has 0 unspecified atom stereocenters. The van der Waals surface area contributed by atoms with Gasteiger partial charge >= 0.3 is 6.09 Å². The van der Waals surface area contributed by atoms with Crippen LogP contribution >= 0.6 is 15.9 Å². The average Bonchev–Trinajstić information content (AvgIpc) is 2.45. The Labute approximate surface area is 149 Å². The zero-order valence-electron chi connectivity index (χ0n) is 14.1. The normalized spacial score (nSPS) is 14.5. The number of halogens is 1. The maximum Gasteiger partial charge on any atom is 0.408 e. The molecule has 0 aliphatic carbocycles. The second-order valence-electron chi connectivity index (χ2n) is 6.33. The van der Waals surface area contributed by atoms with Crippen LogP contribution in [0.1, 0.15) is 27.7 Å². The molecule has 1 aliphatic rings. The second-order valence-corrected chi connectivity index (χ2v) is 7.19. The summed E-state index contributed by atoms with van der Waals surface area (Å²) >= 11 is 3.38. The van der Waals surface area contributed by atoms with Crippen LogP contribution in [0.25, 0.3) is 0 Å². The summed E-state index contributed by atoms with van der Waals surface area (Å²) in [6, 6.07) is 2.65. The lowest BCUT2D eigenvalue weighted by molar-refractivity contribution is -0.117. The van der Waals surface area contributed by atoms with Crippen molar-refractivity contribution in [2.75, 3.05) is 18.5 Å². The van der Waals surface area contributed by atoms with Gasteiger partial charge in [0.1, 0.15) is 24.9 Å². The minimum atomic E-state index is -0.764. The summed E-state index contributed by atoms with van der Waals surface area (Å²) < 4.78 is 16.8. The molecule has 0 spiro atoms. The smallest absolute Gasteiger partial charge is 0.408 e. The van der Waals surface area contributed by atoms with Crippen molar-refractivity contribution in [2.24, 2.45) is 0 Å². The maximum atomic E-state index is 12.3. The molecule has 0 bridgehead atoms. The van der Waals surface area contributed by atoms with Gasteiger partial charge in [-0.2, -0.15) is 0 Å². The van der Waals surface area contributed by atoms with Gasteiger partial charge in [0, 0.05) is 16.6 Å². The number of fused-ring (bicyclic) bond motifs is 1. The van der Waals surface area contributed by atoms with E-state index in [0.717, 1.165) is 0 Å². The molecule has 8 heteroatoms. The van der Waals surface area contributed by atoms with Crippen molar-refractivity contribution >= 4 is 33.6 Å². The van der Waals surface area contributed by atoms with Crippen LogP contribution in [0.2, 0.25) is 0 Å². The number of carbonyl (C=O) groups is 2. The molecule has 2 rings (SSSR count). The number of rotatable bonds is 3. The predicted molar refractivity (Wildman–Crippen MR) is 92.6 cm³/mol. The largest absolute Gasteiger partial charge is 0.486 e. The van der Waals surface area contributed by atoms with E-state index in [1.807, 2.05) is 0 Å². The predicted octanol–water partition coefficient (Wildman–Crippen LogP) is 3.07. The highest BCUT2D eigenvalue weighted by atomic mass is 79.9. The first-order valence-corrected chi connectivity index (χ1v) is 8.34. The van der Waals surface area contributed by atoms with Crippen LogP contribution in [0.5, 0.6) is 11.5 Å². The Bertz CT molecular complexity index is 642. The Hall–Kier alpha value is -1.96. The third-order valence-corrected chi connectivity index (χ3v) is 3.67. The van der Waals surface area contributed by atoms with Crippen molar-refractivity contribution in [3.05, 3.63) is 16.6 Å². The highest BCUT2D eigenvalue weighted by molar-refractivity contribution is 9.10. The van der Waals surface area contributed by atoms with Gasteiger partial charge < -0.3 is 24.8 Å². The van der Waals surface area contributed by atoms with Crippen LogP contribution in [0, 0.1) is 0 Å². The van der Waals surface area contributed by atoms with E-state index in [0.29, 0.717) is 34.9 Å². The molecule has 1 aromatic rings. The Morgan fingerprint density at radius 3 is 2.38 bits per heavy atom. The number of amides is 2. The van der Waals surface area contributed by atoms with Crippen LogP contribution in [0.4, 0.5) is 10.5 Å². The first kappa shape index (κ1) is 18.4. The van der Waals surface area contributed by atoms with Gasteiger partial charge in [-0.05, 0) is 43.6 Å². The lowest BCUT2D eigenvalue weighted by Gasteiger charge is -2.22. The number of benzene rings is 1. The third-order valence-electron chi connectivity index (χ3n) is 3.02. The van der Waals surface area contributed by atoms with Crippen molar-refractivity contribution in [2.45, 2.75) is 39.3 Å². The van der Waals surface area contributed by atoms with Crippen LogP contribution in [-0.4, -0.2) is 36.9 Å². The third kappa shape index (κ3) is 5.02. The van der Waals surface area contributed by atoms with Gasteiger partial charge in [0.25, 0.3) is 0 Å². The van der Waals surface area contributed by atoms with Gasteiger partial charge in [-0.3, -0.25) is 4.79 Å². The molecule has 0 saturated heterocycles. The number of hydrogen-bond donors (Lipinski definition) is 2. The molecule has 1 heterocycles. The van der Waals surface area contributed by atoms with E-state index in [2.05, 4.69) is 26.6 Å². The Kier molecular flexibility index (Phi) is 5.58. The molecule has 0 radical (unpaired) electrons. The molecule has 132 valence electrons. The number of ether oxygens (including phenoxy) is 3. The summed E-state index contributed by atoms with van der Waals surface area (Å²) in [7, 11) is 0. The Morgan fingerprint density at radius 2 is 1.79 bits per heavy atom. The lowest BCUT2D eigenvalue weighted by atomic mass is 10.2. The molecule has 0 aromatic heterocycles. The zero-order valence-corrected chi connectivity index (χ0v) is 15.7. The van der Waals surface area contributed by atoms with Crippen molar-refractivity contribution in [3.63, 3.8) is 0 Å². The quantitative estimate of drug-likeness (QED) is 0.813. The summed E-state index contributed by atoms with van der Waals surface area (Å²) in [5.41, 5.74) is -0.0961. The monoisotopic (exact) mass is 400 g/mol. The molecule has 7 nitrogen and oxygen atoms in total. The first-order chi connectivity index (χ1) is 11.2. The fourth-order valence-corrected chi connectivity index (χ4v) is 2.37.